The summed E-state index contributed by atoms with van der Waals surface area (Å²) in [4.78, 5) is 44.2. The summed E-state index contributed by atoms with van der Waals surface area (Å²) in [5, 5.41) is -0.583. The minimum Gasteiger partial charge on any atom is -0.444 e. The molecule has 3 aromatic rings. The van der Waals surface area contributed by atoms with Crippen molar-refractivity contribution in [2.24, 2.45) is 0 Å². The van der Waals surface area contributed by atoms with Gasteiger partial charge in [0.1, 0.15) is 5.60 Å². The van der Waals surface area contributed by atoms with Gasteiger partial charge in [-0.2, -0.15) is 13.2 Å². The number of hydrogen-bond donors (Lipinski definition) is 1. The van der Waals surface area contributed by atoms with Crippen molar-refractivity contribution in [2.75, 3.05) is 31.9 Å². The van der Waals surface area contributed by atoms with Gasteiger partial charge in [0.25, 0.3) is 5.56 Å². The SMILES string of the molecule is CCS(=O)(=O)c1c(Cl)cc(Cl)cc1Cn1c(=O)[nH]c2cc(CN3CCN(C(=O)OC(C)(C)C)CC3)c(C(F)(F)F)cc2c1=O. The van der Waals surface area contributed by atoms with Gasteiger partial charge < -0.3 is 14.6 Å². The number of hydrogen-bond acceptors (Lipinski definition) is 7. The van der Waals surface area contributed by atoms with Crippen LogP contribution in [-0.2, 0) is 33.8 Å². The number of H-pyrrole nitrogens is 1. The molecule has 240 valence electrons. The molecule has 0 unspecified atom stereocenters. The van der Waals surface area contributed by atoms with E-state index in [0.717, 1.165) is 6.07 Å². The lowest BCUT2D eigenvalue weighted by atomic mass is 10.0. The molecular formula is C28H31Cl2F3N4O6S. The van der Waals surface area contributed by atoms with Crippen molar-refractivity contribution < 1.29 is 31.1 Å². The van der Waals surface area contributed by atoms with E-state index in [9.17, 15) is 36.0 Å². The predicted molar refractivity (Wildman–Crippen MR) is 160 cm³/mol. The second-order valence-electron chi connectivity index (χ2n) is 11.4. The van der Waals surface area contributed by atoms with Gasteiger partial charge in [-0.05, 0) is 56.2 Å². The Morgan fingerprint density at radius 2 is 1.61 bits per heavy atom. The maximum Gasteiger partial charge on any atom is 0.416 e. The van der Waals surface area contributed by atoms with Crippen molar-refractivity contribution in [3.63, 3.8) is 0 Å². The first kappa shape index (κ1) is 33.8. The maximum absolute atomic E-state index is 14.3. The summed E-state index contributed by atoms with van der Waals surface area (Å²) < 4.78 is 74.2. The van der Waals surface area contributed by atoms with Gasteiger partial charge in [0.15, 0.2) is 9.84 Å². The highest BCUT2D eigenvalue weighted by Gasteiger charge is 2.35. The first-order valence-corrected chi connectivity index (χ1v) is 16.0. The lowest BCUT2D eigenvalue weighted by Gasteiger charge is -2.36. The fraction of sp³-hybridized carbons (Fsp3) is 0.464. The molecule has 0 spiro atoms. The second kappa shape index (κ2) is 12.4. The number of sulfone groups is 1. The largest absolute Gasteiger partial charge is 0.444 e. The summed E-state index contributed by atoms with van der Waals surface area (Å²) in [6, 6.07) is 4.25. The molecule has 1 amide bonds. The van der Waals surface area contributed by atoms with Crippen LogP contribution in [0.3, 0.4) is 0 Å². The lowest BCUT2D eigenvalue weighted by molar-refractivity contribution is -0.138. The molecule has 1 aliphatic rings. The predicted octanol–water partition coefficient (Wildman–Crippen LogP) is 4.91. The molecule has 10 nitrogen and oxygen atoms in total. The van der Waals surface area contributed by atoms with Gasteiger partial charge in [-0.3, -0.25) is 14.3 Å². The highest BCUT2D eigenvalue weighted by atomic mass is 35.5. The molecule has 1 saturated heterocycles. The van der Waals surface area contributed by atoms with E-state index in [4.69, 9.17) is 27.9 Å². The van der Waals surface area contributed by atoms with E-state index in [2.05, 4.69) is 4.98 Å². The normalized spacial score (nSPS) is 15.2. The number of fused-ring (bicyclic) bond motifs is 1. The first-order chi connectivity index (χ1) is 20.3. The van der Waals surface area contributed by atoms with E-state index in [0.29, 0.717) is 10.6 Å². The van der Waals surface area contributed by atoms with Crippen LogP contribution in [0, 0.1) is 0 Å². The van der Waals surface area contributed by atoms with E-state index in [-0.39, 0.29) is 70.1 Å². The zero-order chi connectivity index (χ0) is 32.8. The molecule has 44 heavy (non-hydrogen) atoms. The number of ether oxygens (including phenoxy) is 1. The molecule has 2 heterocycles. The zero-order valence-corrected chi connectivity index (χ0v) is 26.7. The Bertz CT molecular complexity index is 1830. The van der Waals surface area contributed by atoms with Gasteiger partial charge in [-0.25, -0.2) is 18.0 Å². The van der Waals surface area contributed by atoms with Crippen LogP contribution >= 0.6 is 23.2 Å². The average molecular weight is 680 g/mol. The summed E-state index contributed by atoms with van der Waals surface area (Å²) in [7, 11) is -3.93. The van der Waals surface area contributed by atoms with Crippen LogP contribution in [0.1, 0.15) is 44.4 Å². The molecule has 1 aromatic heterocycles. The Balaban J connectivity index is 1.70. The molecule has 0 radical (unpaired) electrons. The van der Waals surface area contributed by atoms with Crippen molar-refractivity contribution in [1.82, 2.24) is 19.4 Å². The Labute approximate surface area is 261 Å². The van der Waals surface area contributed by atoms with Crippen molar-refractivity contribution >= 4 is 50.0 Å². The Morgan fingerprint density at radius 3 is 2.18 bits per heavy atom. The van der Waals surface area contributed by atoms with Crippen molar-refractivity contribution in [2.45, 2.75) is 57.5 Å². The van der Waals surface area contributed by atoms with Crippen LogP contribution in [0.5, 0.6) is 0 Å². The molecule has 4 rings (SSSR count). The van der Waals surface area contributed by atoms with Crippen LogP contribution in [0.15, 0.2) is 38.8 Å². The molecule has 16 heteroatoms. The van der Waals surface area contributed by atoms with Gasteiger partial charge in [0.05, 0.1) is 38.7 Å². The number of aromatic nitrogens is 2. The number of carbonyl (C=O) groups excluding carboxylic acids is 1. The number of nitrogens with zero attached hydrogens (tertiary/aromatic N) is 3. The number of piperazine rings is 1. The van der Waals surface area contributed by atoms with Crippen LogP contribution in [0.25, 0.3) is 10.9 Å². The van der Waals surface area contributed by atoms with Gasteiger partial charge in [0, 0.05) is 37.7 Å². The monoisotopic (exact) mass is 678 g/mol. The lowest BCUT2D eigenvalue weighted by Crippen LogP contribution is -2.49. The summed E-state index contributed by atoms with van der Waals surface area (Å²) in [6.07, 6.45) is -5.34. The molecule has 0 atom stereocenters. The minimum absolute atomic E-state index is 0.0428. The van der Waals surface area contributed by atoms with Gasteiger partial charge in [-0.1, -0.05) is 30.1 Å². The number of halogens is 5. The van der Waals surface area contributed by atoms with Gasteiger partial charge >= 0.3 is 18.0 Å². The number of alkyl halides is 3. The molecule has 0 aliphatic carbocycles. The average Bonchev–Trinajstić information content (AvgIpc) is 2.89. The van der Waals surface area contributed by atoms with Crippen molar-refractivity contribution in [3.05, 3.63) is 71.8 Å². The second-order valence-corrected chi connectivity index (χ2v) is 14.5. The summed E-state index contributed by atoms with van der Waals surface area (Å²) in [6.45, 7) is 6.87. The molecule has 0 bridgehead atoms. The summed E-state index contributed by atoms with van der Waals surface area (Å²) >= 11 is 12.2. The number of benzene rings is 2. The molecular weight excluding hydrogens is 648 g/mol. The Kier molecular flexibility index (Phi) is 9.51. The van der Waals surface area contributed by atoms with Crippen LogP contribution in [0.2, 0.25) is 10.0 Å². The maximum atomic E-state index is 14.3. The smallest absolute Gasteiger partial charge is 0.416 e. The number of rotatable bonds is 6. The molecule has 1 aliphatic heterocycles. The number of aromatic amines is 1. The van der Waals surface area contributed by atoms with E-state index >= 15 is 0 Å². The van der Waals surface area contributed by atoms with Crippen molar-refractivity contribution in [1.29, 1.82) is 0 Å². The quantitative estimate of drug-likeness (QED) is 0.393. The minimum atomic E-state index is -4.84. The van der Waals surface area contributed by atoms with Gasteiger partial charge in [-0.15, -0.1) is 0 Å². The number of carbonyl (C=O) groups is 1. The third kappa shape index (κ3) is 7.41. The number of amides is 1. The molecule has 2 aromatic carbocycles. The van der Waals surface area contributed by atoms with E-state index in [1.807, 2.05) is 0 Å². The summed E-state index contributed by atoms with van der Waals surface area (Å²) in [5.74, 6) is -0.335. The standard InChI is InChI=1S/C28H31Cl2F3N4O6S/c1-5-44(41,42)23-17(10-18(29)12-21(23)30)15-37-24(38)19-13-20(28(31,32)33)16(11-22(19)34-25(37)39)14-35-6-8-36(9-7-35)26(40)43-27(2,3)4/h10-13H,5-9,14-15H2,1-4H3,(H,34,39). The van der Waals surface area contributed by atoms with E-state index in [1.54, 1.807) is 25.7 Å². The summed E-state index contributed by atoms with van der Waals surface area (Å²) in [5.41, 5.74) is -4.10. The fourth-order valence-corrected chi connectivity index (χ4v) is 6.99. The zero-order valence-electron chi connectivity index (χ0n) is 24.3. The molecule has 1 fully saturated rings. The topological polar surface area (TPSA) is 122 Å². The van der Waals surface area contributed by atoms with Crippen molar-refractivity contribution in [3.8, 4) is 0 Å². The molecule has 1 N–H and O–H groups in total. The molecule has 0 saturated carbocycles. The third-order valence-corrected chi connectivity index (χ3v) is 9.53. The van der Waals surface area contributed by atoms with Gasteiger partial charge in [0.2, 0.25) is 0 Å². The van der Waals surface area contributed by atoms with Crippen LogP contribution < -0.4 is 11.2 Å². The van der Waals surface area contributed by atoms with Crippen LogP contribution in [-0.4, -0.2) is 71.4 Å². The highest BCUT2D eigenvalue weighted by Crippen LogP contribution is 2.35. The van der Waals surface area contributed by atoms with Crippen LogP contribution in [0.4, 0.5) is 18.0 Å². The fourth-order valence-electron chi connectivity index (χ4n) is 4.93. The van der Waals surface area contributed by atoms with E-state index in [1.165, 1.54) is 24.0 Å². The first-order valence-electron chi connectivity index (χ1n) is 13.6. The highest BCUT2D eigenvalue weighted by molar-refractivity contribution is 7.91. The number of nitrogens with one attached hydrogen (secondary N) is 1. The third-order valence-electron chi connectivity index (χ3n) is 7.03. The van der Waals surface area contributed by atoms with E-state index < -0.39 is 56.5 Å². The Hall–Kier alpha value is -3.07. The Morgan fingerprint density at radius 1 is 0.977 bits per heavy atom.